The molecule has 0 saturated carbocycles. The lowest BCUT2D eigenvalue weighted by Crippen LogP contribution is -2.25. The van der Waals surface area contributed by atoms with E-state index in [4.69, 9.17) is 11.6 Å². The quantitative estimate of drug-likeness (QED) is 0.754. The van der Waals surface area contributed by atoms with Crippen LogP contribution in [0.3, 0.4) is 0 Å². The molecule has 4 heteroatoms. The number of thioether (sulfide) groups is 1. The zero-order valence-electron chi connectivity index (χ0n) is 8.61. The molecule has 1 heterocycles. The maximum absolute atomic E-state index is 11.6. The fraction of sp³-hybridized carbons (Fsp3) is 0.364. The Morgan fingerprint density at radius 1 is 1.33 bits per heavy atom. The van der Waals surface area contributed by atoms with Gasteiger partial charge in [-0.1, -0.05) is 23.7 Å². The van der Waals surface area contributed by atoms with Crippen LogP contribution in [-0.2, 0) is 4.79 Å². The highest BCUT2D eigenvalue weighted by molar-refractivity contribution is 8.01. The van der Waals surface area contributed by atoms with E-state index in [1.54, 1.807) is 16.7 Å². The topological polar surface area (TPSA) is 20.3 Å². The lowest BCUT2D eigenvalue weighted by Gasteiger charge is -2.18. The van der Waals surface area contributed by atoms with Crippen molar-refractivity contribution < 1.29 is 4.79 Å². The maximum atomic E-state index is 11.6. The molecule has 0 aromatic heterocycles. The minimum absolute atomic E-state index is 0.0516. The highest BCUT2D eigenvalue weighted by Crippen LogP contribution is 2.41. The maximum Gasteiger partial charge on any atom is 0.236 e. The molecule has 0 aliphatic carbocycles. The first-order valence-electron chi connectivity index (χ1n) is 4.77. The van der Waals surface area contributed by atoms with Gasteiger partial charge in [-0.3, -0.25) is 4.79 Å². The van der Waals surface area contributed by atoms with Gasteiger partial charge in [0.2, 0.25) is 5.91 Å². The van der Waals surface area contributed by atoms with Gasteiger partial charge >= 0.3 is 0 Å². The van der Waals surface area contributed by atoms with E-state index in [2.05, 4.69) is 0 Å². The number of carbonyl (C=O) groups is 1. The molecule has 1 fully saturated rings. The molecule has 2 atom stereocenters. The molecule has 1 aliphatic heterocycles. The van der Waals surface area contributed by atoms with Crippen LogP contribution >= 0.6 is 23.4 Å². The standard InChI is InChI=1S/C11H12ClNOS/c1-7-10(14)13(2)11(15-7)8-3-5-9(12)6-4-8/h3-7,11H,1-2H3/t7-,11-/m0/s1. The fourth-order valence-electron chi connectivity index (χ4n) is 1.67. The number of carbonyl (C=O) groups excluding carboxylic acids is 1. The first-order valence-corrected chi connectivity index (χ1v) is 6.09. The molecule has 1 amide bonds. The molecular formula is C11H12ClNOS. The molecule has 2 nitrogen and oxygen atoms in total. The molecular weight excluding hydrogens is 230 g/mol. The highest BCUT2D eigenvalue weighted by Gasteiger charge is 2.35. The van der Waals surface area contributed by atoms with Gasteiger partial charge in [0.25, 0.3) is 0 Å². The van der Waals surface area contributed by atoms with Crippen molar-refractivity contribution in [2.45, 2.75) is 17.5 Å². The normalized spacial score (nSPS) is 26.1. The van der Waals surface area contributed by atoms with E-state index in [0.29, 0.717) is 0 Å². The number of nitrogens with zero attached hydrogens (tertiary/aromatic N) is 1. The molecule has 15 heavy (non-hydrogen) atoms. The molecule has 1 saturated heterocycles. The molecule has 0 spiro atoms. The summed E-state index contributed by atoms with van der Waals surface area (Å²) in [7, 11) is 1.85. The lowest BCUT2D eigenvalue weighted by atomic mass is 10.2. The molecule has 0 N–H and O–H groups in total. The van der Waals surface area contributed by atoms with Crippen molar-refractivity contribution in [3.05, 3.63) is 34.9 Å². The van der Waals surface area contributed by atoms with Crippen molar-refractivity contribution in [3.63, 3.8) is 0 Å². The zero-order chi connectivity index (χ0) is 11.0. The van der Waals surface area contributed by atoms with E-state index in [1.165, 1.54) is 0 Å². The summed E-state index contributed by atoms with van der Waals surface area (Å²) in [5, 5.41) is 0.907. The molecule has 1 aromatic carbocycles. The summed E-state index contributed by atoms with van der Waals surface area (Å²) in [5.74, 6) is 0.194. The third-order valence-electron chi connectivity index (χ3n) is 2.54. The second-order valence-electron chi connectivity index (χ2n) is 3.63. The lowest BCUT2D eigenvalue weighted by molar-refractivity contribution is -0.128. The summed E-state index contributed by atoms with van der Waals surface area (Å²) in [6.07, 6.45) is 0. The van der Waals surface area contributed by atoms with Gasteiger partial charge in [-0.2, -0.15) is 0 Å². The van der Waals surface area contributed by atoms with Crippen molar-refractivity contribution in [2.24, 2.45) is 0 Å². The van der Waals surface area contributed by atoms with Gasteiger partial charge in [-0.05, 0) is 24.6 Å². The predicted molar refractivity (Wildman–Crippen MR) is 64.0 cm³/mol. The van der Waals surface area contributed by atoms with Crippen molar-refractivity contribution in [1.29, 1.82) is 0 Å². The average Bonchev–Trinajstić information content (AvgIpc) is 2.47. The Labute approximate surface area is 98.6 Å². The van der Waals surface area contributed by atoms with Gasteiger partial charge in [0.1, 0.15) is 5.37 Å². The second kappa shape index (κ2) is 4.06. The van der Waals surface area contributed by atoms with Crippen LogP contribution in [0.2, 0.25) is 5.02 Å². The summed E-state index contributed by atoms with van der Waals surface area (Å²) >= 11 is 7.50. The number of hydrogen-bond donors (Lipinski definition) is 0. The molecule has 0 radical (unpaired) electrons. The van der Waals surface area contributed by atoms with Crippen LogP contribution in [-0.4, -0.2) is 23.1 Å². The number of halogens is 1. The van der Waals surface area contributed by atoms with E-state index in [9.17, 15) is 4.79 Å². The van der Waals surface area contributed by atoms with Gasteiger partial charge in [-0.15, -0.1) is 11.8 Å². The summed E-state index contributed by atoms with van der Waals surface area (Å²) in [5.41, 5.74) is 1.13. The molecule has 0 bridgehead atoms. The van der Waals surface area contributed by atoms with Crippen LogP contribution < -0.4 is 0 Å². The molecule has 1 aromatic rings. The Bertz CT molecular complexity index is 379. The van der Waals surface area contributed by atoms with Crippen molar-refractivity contribution in [2.75, 3.05) is 7.05 Å². The van der Waals surface area contributed by atoms with E-state index in [-0.39, 0.29) is 16.5 Å². The number of amides is 1. The third kappa shape index (κ3) is 1.99. The number of hydrogen-bond acceptors (Lipinski definition) is 2. The van der Waals surface area contributed by atoms with Crippen molar-refractivity contribution >= 4 is 29.3 Å². The van der Waals surface area contributed by atoms with E-state index >= 15 is 0 Å². The second-order valence-corrected chi connectivity index (χ2v) is 5.49. The van der Waals surface area contributed by atoms with E-state index in [0.717, 1.165) is 10.6 Å². The first-order chi connectivity index (χ1) is 7.09. The molecule has 80 valence electrons. The SMILES string of the molecule is C[C@@H]1S[C@@H](c2ccc(Cl)cc2)N(C)C1=O. The van der Waals surface area contributed by atoms with Crippen LogP contribution in [0.25, 0.3) is 0 Å². The largest absolute Gasteiger partial charge is 0.329 e. The minimum atomic E-state index is 0.0516. The Morgan fingerprint density at radius 3 is 2.40 bits per heavy atom. The molecule has 0 unspecified atom stereocenters. The number of rotatable bonds is 1. The van der Waals surface area contributed by atoms with Crippen molar-refractivity contribution in [3.8, 4) is 0 Å². The van der Waals surface area contributed by atoms with Gasteiger partial charge in [0, 0.05) is 12.1 Å². The van der Waals surface area contributed by atoms with E-state index in [1.807, 2.05) is 38.2 Å². The minimum Gasteiger partial charge on any atom is -0.329 e. The number of benzene rings is 1. The van der Waals surface area contributed by atoms with Crippen LogP contribution in [0.1, 0.15) is 17.9 Å². The third-order valence-corrected chi connectivity index (χ3v) is 4.24. The van der Waals surface area contributed by atoms with E-state index < -0.39 is 0 Å². The Hall–Kier alpha value is -0.670. The van der Waals surface area contributed by atoms with Crippen LogP contribution in [0.15, 0.2) is 24.3 Å². The summed E-state index contributed by atoms with van der Waals surface area (Å²) in [6, 6.07) is 7.67. The highest BCUT2D eigenvalue weighted by atomic mass is 35.5. The Kier molecular flexibility index (Phi) is 2.94. The zero-order valence-corrected chi connectivity index (χ0v) is 10.2. The fourth-order valence-corrected chi connectivity index (χ4v) is 3.07. The first kappa shape index (κ1) is 10.8. The van der Waals surface area contributed by atoms with Gasteiger partial charge < -0.3 is 4.90 Å². The average molecular weight is 242 g/mol. The smallest absolute Gasteiger partial charge is 0.236 e. The van der Waals surface area contributed by atoms with Gasteiger partial charge in [0.05, 0.1) is 5.25 Å². The summed E-state index contributed by atoms with van der Waals surface area (Å²) < 4.78 is 0. The van der Waals surface area contributed by atoms with Crippen LogP contribution in [0.4, 0.5) is 0 Å². The Balaban J connectivity index is 2.25. The summed E-state index contributed by atoms with van der Waals surface area (Å²) in [4.78, 5) is 13.4. The molecule has 1 aliphatic rings. The predicted octanol–water partition coefficient (Wildman–Crippen LogP) is 2.93. The van der Waals surface area contributed by atoms with Crippen LogP contribution in [0.5, 0.6) is 0 Å². The molecule has 2 rings (SSSR count). The summed E-state index contributed by atoms with van der Waals surface area (Å²) in [6.45, 7) is 1.94. The van der Waals surface area contributed by atoms with Gasteiger partial charge in [-0.25, -0.2) is 0 Å². The van der Waals surface area contributed by atoms with Gasteiger partial charge in [0.15, 0.2) is 0 Å². The Morgan fingerprint density at radius 2 is 1.93 bits per heavy atom. The monoisotopic (exact) mass is 241 g/mol. The van der Waals surface area contributed by atoms with Crippen LogP contribution in [0, 0.1) is 0 Å². The van der Waals surface area contributed by atoms with Crippen molar-refractivity contribution in [1.82, 2.24) is 4.90 Å².